The minimum Gasteiger partial charge on any atom is -0.350 e. The number of nitrogens with one attached hydrogen (secondary N) is 1. The zero-order valence-corrected chi connectivity index (χ0v) is 15.4. The molecule has 7 heteroatoms. The molecule has 128 valence electrons. The van der Waals surface area contributed by atoms with Gasteiger partial charge in [0.05, 0.1) is 0 Å². The summed E-state index contributed by atoms with van der Waals surface area (Å²) in [7, 11) is 0. The number of rotatable bonds is 3. The molecule has 0 aromatic heterocycles. The third-order valence-electron chi connectivity index (χ3n) is 4.46. The first-order chi connectivity index (χ1) is 12.1. The van der Waals surface area contributed by atoms with E-state index in [0.29, 0.717) is 27.9 Å². The van der Waals surface area contributed by atoms with Gasteiger partial charge in [-0.1, -0.05) is 47.5 Å². The predicted molar refractivity (Wildman–Crippen MR) is 99.9 cm³/mol. The average Bonchev–Trinajstić information content (AvgIpc) is 3.15. The van der Waals surface area contributed by atoms with E-state index < -0.39 is 6.04 Å². The summed E-state index contributed by atoms with van der Waals surface area (Å²) in [5.74, 6) is 0.350. The third-order valence-corrected chi connectivity index (χ3v) is 6.35. The van der Waals surface area contributed by atoms with Gasteiger partial charge in [-0.05, 0) is 29.3 Å². The molecule has 4 nitrogen and oxygen atoms in total. The standard InChI is InChI=1S/C18H14Cl2N2O2S/c19-11-6-5-10(14(20)7-11)8-21-16(23)15-9-25-18-13-4-2-1-3-12(13)17(24)22(15)18/h1-7,15,18H,8-9H2,(H,21,23). The highest BCUT2D eigenvalue weighted by atomic mass is 35.5. The fraction of sp³-hybridized carbons (Fsp3) is 0.222. The second-order valence-corrected chi connectivity index (χ2v) is 7.91. The highest BCUT2D eigenvalue weighted by Crippen LogP contribution is 2.48. The van der Waals surface area contributed by atoms with E-state index in [1.807, 2.05) is 24.3 Å². The van der Waals surface area contributed by atoms with Gasteiger partial charge < -0.3 is 10.2 Å². The fourth-order valence-corrected chi connectivity index (χ4v) is 5.15. The Balaban J connectivity index is 1.48. The van der Waals surface area contributed by atoms with Gasteiger partial charge in [0.25, 0.3) is 5.91 Å². The molecule has 1 N–H and O–H groups in total. The number of hydrogen-bond acceptors (Lipinski definition) is 3. The normalized spacial score (nSPS) is 21.2. The van der Waals surface area contributed by atoms with Crippen LogP contribution in [0.4, 0.5) is 0 Å². The first kappa shape index (κ1) is 16.8. The summed E-state index contributed by atoms with van der Waals surface area (Å²) in [6.45, 7) is 0.301. The molecular weight excluding hydrogens is 379 g/mol. The number of fused-ring (bicyclic) bond motifs is 3. The number of halogens is 2. The van der Waals surface area contributed by atoms with E-state index >= 15 is 0 Å². The second kappa shape index (κ2) is 6.56. The molecule has 2 heterocycles. The number of hydrogen-bond donors (Lipinski definition) is 1. The summed E-state index contributed by atoms with van der Waals surface area (Å²) < 4.78 is 0. The van der Waals surface area contributed by atoms with Crippen molar-refractivity contribution in [2.45, 2.75) is 18.0 Å². The first-order valence-electron chi connectivity index (χ1n) is 7.81. The molecule has 1 saturated heterocycles. The summed E-state index contributed by atoms with van der Waals surface area (Å²) >= 11 is 13.7. The minimum absolute atomic E-state index is 0.0708. The molecule has 25 heavy (non-hydrogen) atoms. The molecule has 0 saturated carbocycles. The maximum atomic E-state index is 12.7. The number of thioether (sulfide) groups is 1. The van der Waals surface area contributed by atoms with Crippen LogP contribution >= 0.6 is 35.0 Å². The van der Waals surface area contributed by atoms with Crippen molar-refractivity contribution in [1.82, 2.24) is 10.2 Å². The van der Waals surface area contributed by atoms with Crippen molar-refractivity contribution in [2.75, 3.05) is 5.75 Å². The van der Waals surface area contributed by atoms with Crippen molar-refractivity contribution >= 4 is 46.8 Å². The maximum Gasteiger partial charge on any atom is 0.256 e. The van der Waals surface area contributed by atoms with Crippen LogP contribution in [0.25, 0.3) is 0 Å². The molecule has 1 fully saturated rings. The predicted octanol–water partition coefficient (Wildman–Crippen LogP) is 3.88. The lowest BCUT2D eigenvalue weighted by molar-refractivity contribution is -0.124. The van der Waals surface area contributed by atoms with Crippen molar-refractivity contribution in [3.05, 3.63) is 69.2 Å². The Morgan fingerprint density at radius 2 is 2.04 bits per heavy atom. The average molecular weight is 393 g/mol. The van der Waals surface area contributed by atoms with Gasteiger partial charge in [-0.15, -0.1) is 11.8 Å². The number of benzene rings is 2. The molecule has 0 spiro atoms. The Bertz CT molecular complexity index is 874. The zero-order valence-electron chi connectivity index (χ0n) is 13.0. The molecule has 2 aliphatic heterocycles. The van der Waals surface area contributed by atoms with E-state index in [1.54, 1.807) is 34.9 Å². The molecule has 0 radical (unpaired) electrons. The molecule has 2 aromatic rings. The molecule has 0 bridgehead atoms. The summed E-state index contributed by atoms with van der Waals surface area (Å²) in [4.78, 5) is 27.0. The molecule has 4 rings (SSSR count). The monoisotopic (exact) mass is 392 g/mol. The smallest absolute Gasteiger partial charge is 0.256 e. The van der Waals surface area contributed by atoms with Crippen LogP contribution in [0, 0.1) is 0 Å². The van der Waals surface area contributed by atoms with Crippen LogP contribution in [-0.4, -0.2) is 28.5 Å². The molecule has 0 aliphatic carbocycles. The SMILES string of the molecule is O=C(NCc1ccc(Cl)cc1Cl)C1CSC2c3ccccc3C(=O)N12. The minimum atomic E-state index is -0.471. The van der Waals surface area contributed by atoms with E-state index in [1.165, 1.54) is 0 Å². The maximum absolute atomic E-state index is 12.7. The van der Waals surface area contributed by atoms with Crippen LogP contribution in [-0.2, 0) is 11.3 Å². The van der Waals surface area contributed by atoms with Gasteiger partial charge in [-0.25, -0.2) is 0 Å². The molecule has 2 aliphatic rings. The molecule has 2 aromatic carbocycles. The summed E-state index contributed by atoms with van der Waals surface area (Å²) in [5, 5.41) is 3.88. The highest BCUT2D eigenvalue weighted by molar-refractivity contribution is 7.99. The summed E-state index contributed by atoms with van der Waals surface area (Å²) in [5.41, 5.74) is 2.48. The Hall–Kier alpha value is -1.69. The Labute approximate surface area is 159 Å². The van der Waals surface area contributed by atoms with E-state index in [9.17, 15) is 9.59 Å². The Morgan fingerprint density at radius 1 is 1.24 bits per heavy atom. The van der Waals surface area contributed by atoms with Crippen LogP contribution in [0.3, 0.4) is 0 Å². The quantitative estimate of drug-likeness (QED) is 0.861. The van der Waals surface area contributed by atoms with Gasteiger partial charge in [0.1, 0.15) is 11.4 Å². The number of carbonyl (C=O) groups excluding carboxylic acids is 2. The third kappa shape index (κ3) is 2.90. The lowest BCUT2D eigenvalue weighted by Crippen LogP contribution is -2.45. The largest absolute Gasteiger partial charge is 0.350 e. The topological polar surface area (TPSA) is 49.4 Å². The van der Waals surface area contributed by atoms with E-state index in [-0.39, 0.29) is 17.2 Å². The van der Waals surface area contributed by atoms with Gasteiger partial charge in [-0.2, -0.15) is 0 Å². The molecule has 2 unspecified atom stereocenters. The number of amides is 2. The van der Waals surface area contributed by atoms with Gasteiger partial charge in [-0.3, -0.25) is 9.59 Å². The van der Waals surface area contributed by atoms with Crippen molar-refractivity contribution in [3.63, 3.8) is 0 Å². The van der Waals surface area contributed by atoms with Crippen molar-refractivity contribution < 1.29 is 9.59 Å². The second-order valence-electron chi connectivity index (χ2n) is 5.95. The van der Waals surface area contributed by atoms with Crippen molar-refractivity contribution in [2.24, 2.45) is 0 Å². The summed E-state index contributed by atoms with van der Waals surface area (Å²) in [6.07, 6.45) is 0. The highest BCUT2D eigenvalue weighted by Gasteiger charge is 2.48. The Morgan fingerprint density at radius 3 is 2.84 bits per heavy atom. The van der Waals surface area contributed by atoms with Gasteiger partial charge in [0.2, 0.25) is 5.91 Å². The Kier molecular flexibility index (Phi) is 4.40. The number of nitrogens with zero attached hydrogens (tertiary/aromatic N) is 1. The number of carbonyl (C=O) groups is 2. The van der Waals surface area contributed by atoms with Crippen LogP contribution in [0.1, 0.15) is 26.9 Å². The van der Waals surface area contributed by atoms with Gasteiger partial charge in [0, 0.05) is 27.9 Å². The van der Waals surface area contributed by atoms with Gasteiger partial charge >= 0.3 is 0 Å². The molecular formula is C18H14Cl2N2O2S. The van der Waals surface area contributed by atoms with Crippen LogP contribution in [0.5, 0.6) is 0 Å². The summed E-state index contributed by atoms with van der Waals surface area (Å²) in [6, 6.07) is 12.2. The van der Waals surface area contributed by atoms with E-state index in [2.05, 4.69) is 5.32 Å². The van der Waals surface area contributed by atoms with Crippen molar-refractivity contribution in [3.8, 4) is 0 Å². The lowest BCUT2D eigenvalue weighted by Gasteiger charge is -2.22. The molecule has 2 atom stereocenters. The fourth-order valence-electron chi connectivity index (χ4n) is 3.21. The van der Waals surface area contributed by atoms with E-state index in [0.717, 1.165) is 11.1 Å². The van der Waals surface area contributed by atoms with Gasteiger partial charge in [0.15, 0.2) is 0 Å². The lowest BCUT2D eigenvalue weighted by atomic mass is 10.1. The van der Waals surface area contributed by atoms with Crippen molar-refractivity contribution in [1.29, 1.82) is 0 Å². The van der Waals surface area contributed by atoms with E-state index in [4.69, 9.17) is 23.2 Å². The molecule has 2 amide bonds. The van der Waals surface area contributed by atoms with Crippen LogP contribution in [0.2, 0.25) is 10.0 Å². The van der Waals surface area contributed by atoms with Crippen LogP contribution in [0.15, 0.2) is 42.5 Å². The zero-order chi connectivity index (χ0) is 17.6. The first-order valence-corrected chi connectivity index (χ1v) is 9.61. The van der Waals surface area contributed by atoms with Crippen LogP contribution < -0.4 is 5.32 Å².